The highest BCUT2D eigenvalue weighted by Crippen LogP contribution is 2.68. The van der Waals surface area contributed by atoms with Gasteiger partial charge in [0.2, 0.25) is 5.88 Å². The number of nitrogens with one attached hydrogen (secondary N) is 1. The van der Waals surface area contributed by atoms with Crippen LogP contribution in [0.5, 0.6) is 5.88 Å². The average Bonchev–Trinajstić information content (AvgIpc) is 3.34. The third-order valence-electron chi connectivity index (χ3n) is 9.32. The van der Waals surface area contributed by atoms with Crippen molar-refractivity contribution in [2.45, 2.75) is 73.1 Å². The van der Waals surface area contributed by atoms with Crippen molar-refractivity contribution in [3.8, 4) is 11.7 Å². The van der Waals surface area contributed by atoms with Gasteiger partial charge < -0.3 is 9.64 Å². The molecule has 1 N–H and O–H groups in total. The third-order valence-corrected chi connectivity index (χ3v) is 10.8. The van der Waals surface area contributed by atoms with Crippen molar-refractivity contribution in [2.75, 3.05) is 24.6 Å². The molecule has 0 radical (unpaired) electrons. The Labute approximate surface area is 249 Å². The van der Waals surface area contributed by atoms with Gasteiger partial charge in [0, 0.05) is 38.3 Å². The van der Waals surface area contributed by atoms with E-state index in [1.165, 1.54) is 10.9 Å². The number of carbonyl (C=O) groups is 1. The Balaban J connectivity index is 1.63. The molecular weight excluding hydrogens is 554 g/mol. The van der Waals surface area contributed by atoms with E-state index < -0.39 is 15.9 Å². The van der Waals surface area contributed by atoms with E-state index in [4.69, 9.17) is 9.72 Å². The van der Waals surface area contributed by atoms with Crippen molar-refractivity contribution in [3.63, 3.8) is 0 Å². The molecule has 12 heteroatoms. The number of hydrogen-bond acceptors (Lipinski definition) is 8. The molecule has 0 spiro atoms. The van der Waals surface area contributed by atoms with Gasteiger partial charge in [0.25, 0.3) is 15.9 Å². The Hall–Kier alpha value is -3.41. The van der Waals surface area contributed by atoms with Crippen LogP contribution in [0.3, 0.4) is 0 Å². The number of aromatic nitrogens is 5. The lowest BCUT2D eigenvalue weighted by molar-refractivity contribution is 0.0981. The quantitative estimate of drug-likeness (QED) is 0.299. The molecule has 0 aliphatic heterocycles. The zero-order valence-electron chi connectivity index (χ0n) is 26.3. The monoisotopic (exact) mass is 599 g/mol. The zero-order chi connectivity index (χ0) is 31.0. The number of ether oxygens (including phenoxy) is 1. The summed E-state index contributed by atoms with van der Waals surface area (Å²) >= 11 is 0. The van der Waals surface area contributed by atoms with E-state index in [9.17, 15) is 13.2 Å². The van der Waals surface area contributed by atoms with E-state index in [0.717, 1.165) is 12.8 Å². The maximum Gasteiger partial charge on any atom is 0.268 e. The summed E-state index contributed by atoms with van der Waals surface area (Å²) in [5.41, 5.74) is 1.02. The number of pyridine rings is 1. The molecule has 1 fully saturated rings. The van der Waals surface area contributed by atoms with E-state index in [1.807, 2.05) is 11.8 Å². The molecule has 0 bridgehead atoms. The number of aryl methyl sites for hydroxylation is 1. The molecule has 1 atom stereocenters. The van der Waals surface area contributed by atoms with E-state index in [0.29, 0.717) is 54.7 Å². The van der Waals surface area contributed by atoms with Gasteiger partial charge in [0.1, 0.15) is 10.7 Å². The summed E-state index contributed by atoms with van der Waals surface area (Å²) in [4.78, 5) is 20.3. The molecule has 1 amide bonds. The topological polar surface area (TPSA) is 124 Å². The highest BCUT2D eigenvalue weighted by molar-refractivity contribution is 7.90. The highest BCUT2D eigenvalue weighted by atomic mass is 32.2. The third kappa shape index (κ3) is 6.04. The normalized spacial score (nSPS) is 16.7. The summed E-state index contributed by atoms with van der Waals surface area (Å²) < 4.78 is 37.5. The van der Waals surface area contributed by atoms with Crippen LogP contribution in [0.25, 0.3) is 5.82 Å². The maximum absolute atomic E-state index is 13.5. The van der Waals surface area contributed by atoms with Crippen molar-refractivity contribution in [1.29, 1.82) is 0 Å². The lowest BCUT2D eigenvalue weighted by Gasteiger charge is -2.27. The Bertz CT molecular complexity index is 1530. The highest BCUT2D eigenvalue weighted by Gasteiger charge is 2.64. The molecule has 230 valence electrons. The lowest BCUT2D eigenvalue weighted by atomic mass is 10.0. The minimum Gasteiger partial charge on any atom is -0.476 e. The summed E-state index contributed by atoms with van der Waals surface area (Å²) in [6, 6.07) is 5.06. The van der Waals surface area contributed by atoms with E-state index in [-0.39, 0.29) is 21.3 Å². The molecule has 0 unspecified atom stereocenters. The van der Waals surface area contributed by atoms with Gasteiger partial charge >= 0.3 is 0 Å². The second kappa shape index (κ2) is 11.7. The molecule has 0 saturated heterocycles. The second-order valence-electron chi connectivity index (χ2n) is 12.5. The summed E-state index contributed by atoms with van der Waals surface area (Å²) in [7, 11) is -2.50. The number of anilines is 1. The Morgan fingerprint density at radius 3 is 2.43 bits per heavy atom. The average molecular weight is 600 g/mol. The first kappa shape index (κ1) is 31.5. The SMILES string of the molecule is CCC[C@H](C)CN(CC)c1nc(-n2ccc(OCC3C(C)(C)C3(C)C)n2)ccc1C(=O)NS(=O)(=O)c1cnn(C)c1C. The van der Waals surface area contributed by atoms with Gasteiger partial charge in [-0.15, -0.1) is 5.10 Å². The summed E-state index contributed by atoms with van der Waals surface area (Å²) in [5.74, 6) is 1.42. The fraction of sp³-hybridized carbons (Fsp3) is 0.600. The van der Waals surface area contributed by atoms with Crippen LogP contribution in [0, 0.1) is 29.6 Å². The van der Waals surface area contributed by atoms with Crippen molar-refractivity contribution in [3.05, 3.63) is 41.9 Å². The lowest BCUT2D eigenvalue weighted by Crippen LogP contribution is -2.35. The summed E-state index contributed by atoms with van der Waals surface area (Å²) in [6.07, 6.45) is 5.06. The van der Waals surface area contributed by atoms with Gasteiger partial charge in [0.15, 0.2) is 5.82 Å². The molecule has 1 aliphatic carbocycles. The Morgan fingerprint density at radius 1 is 1.17 bits per heavy atom. The standard InChI is InChI=1S/C30H45N7O4S/c1-10-12-20(3)18-36(11-2)27-22(28(38)34-42(39,40)23-17-31-35(9)21(23)4)13-14-25(32-27)37-16-15-26(33-37)41-19-24-29(5,6)30(24,7)8/h13-17,20,24H,10-12,18-19H2,1-9H3,(H,34,38)/t20-/m0/s1. The fourth-order valence-corrected chi connectivity index (χ4v) is 6.89. The van der Waals surface area contributed by atoms with Crippen LogP contribution in [0.2, 0.25) is 0 Å². The van der Waals surface area contributed by atoms with Crippen LogP contribution in [-0.4, -0.2) is 58.6 Å². The molecule has 3 heterocycles. The van der Waals surface area contributed by atoms with Crippen LogP contribution in [-0.2, 0) is 17.1 Å². The van der Waals surface area contributed by atoms with Crippen molar-refractivity contribution < 1.29 is 17.9 Å². The van der Waals surface area contributed by atoms with Crippen LogP contribution >= 0.6 is 0 Å². The number of sulfonamides is 1. The molecule has 4 rings (SSSR count). The molecular formula is C30H45N7O4S. The Morgan fingerprint density at radius 2 is 1.86 bits per heavy atom. The fourth-order valence-electron chi connectivity index (χ4n) is 5.71. The van der Waals surface area contributed by atoms with Gasteiger partial charge in [-0.05, 0) is 49.1 Å². The van der Waals surface area contributed by atoms with Gasteiger partial charge in [-0.25, -0.2) is 22.8 Å². The predicted octanol–water partition coefficient (Wildman–Crippen LogP) is 4.75. The zero-order valence-corrected chi connectivity index (χ0v) is 27.1. The predicted molar refractivity (Wildman–Crippen MR) is 162 cm³/mol. The number of carbonyl (C=O) groups excluding carboxylic acids is 1. The molecule has 11 nitrogen and oxygen atoms in total. The number of nitrogens with zero attached hydrogens (tertiary/aromatic N) is 6. The number of amides is 1. The Kier molecular flexibility index (Phi) is 8.78. The molecule has 3 aromatic heterocycles. The largest absolute Gasteiger partial charge is 0.476 e. The van der Waals surface area contributed by atoms with Crippen molar-refractivity contribution >= 4 is 21.7 Å². The van der Waals surface area contributed by atoms with Gasteiger partial charge in [-0.2, -0.15) is 5.10 Å². The van der Waals surface area contributed by atoms with Crippen LogP contribution in [0.15, 0.2) is 35.5 Å². The van der Waals surface area contributed by atoms with Gasteiger partial charge in [-0.1, -0.05) is 48.0 Å². The first-order valence-electron chi connectivity index (χ1n) is 14.6. The summed E-state index contributed by atoms with van der Waals surface area (Å²) in [5, 5.41) is 8.59. The van der Waals surface area contributed by atoms with Gasteiger partial charge in [-0.3, -0.25) is 9.48 Å². The molecule has 0 aromatic carbocycles. The van der Waals surface area contributed by atoms with Gasteiger partial charge in [0.05, 0.1) is 24.1 Å². The number of hydrogen-bond donors (Lipinski definition) is 1. The van der Waals surface area contributed by atoms with Crippen LogP contribution < -0.4 is 14.4 Å². The molecule has 1 aliphatic rings. The molecule has 42 heavy (non-hydrogen) atoms. The van der Waals surface area contributed by atoms with Crippen molar-refractivity contribution in [1.82, 2.24) is 29.3 Å². The summed E-state index contributed by atoms with van der Waals surface area (Å²) in [6.45, 7) is 18.8. The number of rotatable bonds is 13. The maximum atomic E-state index is 13.5. The van der Waals surface area contributed by atoms with Crippen LogP contribution in [0.4, 0.5) is 5.82 Å². The smallest absolute Gasteiger partial charge is 0.268 e. The van der Waals surface area contributed by atoms with E-state index in [2.05, 4.69) is 56.5 Å². The molecule has 1 saturated carbocycles. The van der Waals surface area contributed by atoms with Crippen LogP contribution in [0.1, 0.15) is 77.4 Å². The molecule has 3 aromatic rings. The van der Waals surface area contributed by atoms with Crippen molar-refractivity contribution in [2.24, 2.45) is 29.7 Å². The van der Waals surface area contributed by atoms with E-state index in [1.54, 1.807) is 43.0 Å². The second-order valence-corrected chi connectivity index (χ2v) is 14.2. The minimum absolute atomic E-state index is 0.0459. The first-order valence-corrected chi connectivity index (χ1v) is 16.1. The van der Waals surface area contributed by atoms with E-state index >= 15 is 0 Å². The first-order chi connectivity index (χ1) is 19.6. The minimum atomic E-state index is -4.15.